The normalized spacial score (nSPS) is 23.0. The number of nitrogens with zero attached hydrogens (tertiary/aromatic N) is 1. The minimum atomic E-state index is -2.16. The topological polar surface area (TPSA) is 89.2 Å². The first kappa shape index (κ1) is 40.3. The Hall–Kier alpha value is -2.45. The van der Waals surface area contributed by atoms with Crippen LogP contribution in [0.2, 0.25) is 0 Å². The van der Waals surface area contributed by atoms with Crippen LogP contribution < -0.4 is 10.5 Å². The molecular weight excluding hydrogens is 637 g/mol. The average Bonchev–Trinajstić information content (AvgIpc) is 3.43. The monoisotopic (exact) mass is 703 g/mol. The van der Waals surface area contributed by atoms with Gasteiger partial charge in [0.25, 0.3) is 0 Å². The molecule has 8 heteroatoms. The van der Waals surface area contributed by atoms with Crippen LogP contribution in [-0.4, -0.2) is 37.7 Å². The van der Waals surface area contributed by atoms with Crippen molar-refractivity contribution in [1.29, 1.82) is 0 Å². The second-order valence-corrected chi connectivity index (χ2v) is 20.9. The molecular formula is C42H66BN3O3S. The standard InChI is InChI=1S/C42H66BN3O3S/c1-16-18-38(8,9)42(39(10,11)21-28(2)3)26-36(4,5)25-41(14,15)46(27-37(6,7)24-40(42,12)13)34-31(20-29(22-43-34)50(48)49)32-23-45-35(47)33-30(32)17-19-44-33/h17,19-20,22-23,44H,2,16,18,21,24-27H2,1,3-15H3,(H,45,47)(H,48,49). The second-order valence-electron chi connectivity index (χ2n) is 19.9. The van der Waals surface area contributed by atoms with E-state index < -0.39 is 11.1 Å². The van der Waals surface area contributed by atoms with E-state index in [4.69, 9.17) is 0 Å². The van der Waals surface area contributed by atoms with Crippen molar-refractivity contribution in [3.63, 3.8) is 0 Å². The Kier molecular flexibility index (Phi) is 10.9. The van der Waals surface area contributed by atoms with E-state index in [2.05, 4.69) is 118 Å². The van der Waals surface area contributed by atoms with Gasteiger partial charge < -0.3 is 0 Å². The van der Waals surface area contributed by atoms with Gasteiger partial charge in [-0.2, -0.15) is 0 Å². The molecule has 0 amide bonds. The summed E-state index contributed by atoms with van der Waals surface area (Å²) in [5, 5.41) is 0.790. The molecule has 4 heterocycles. The molecule has 1 saturated heterocycles. The predicted molar refractivity (Wildman–Crippen MR) is 216 cm³/mol. The summed E-state index contributed by atoms with van der Waals surface area (Å²) >= 11 is -2.16. The Labute approximate surface area is 306 Å². The van der Waals surface area contributed by atoms with Gasteiger partial charge in [0.1, 0.15) is 0 Å². The molecule has 0 aliphatic carbocycles. The second kappa shape index (κ2) is 13.5. The van der Waals surface area contributed by atoms with Crippen LogP contribution in [0.5, 0.6) is 0 Å². The zero-order valence-corrected chi connectivity index (χ0v) is 34.6. The molecule has 2 unspecified atom stereocenters. The van der Waals surface area contributed by atoms with Crippen molar-refractivity contribution in [2.75, 3.05) is 11.4 Å². The van der Waals surface area contributed by atoms with Crippen LogP contribution in [0.25, 0.3) is 22.0 Å². The summed E-state index contributed by atoms with van der Waals surface area (Å²) in [5.41, 5.74) is 3.76. The first-order valence-electron chi connectivity index (χ1n) is 18.6. The van der Waals surface area contributed by atoms with Gasteiger partial charge in [-0.15, -0.1) is 0 Å². The fourth-order valence-corrected chi connectivity index (χ4v) is 12.5. The van der Waals surface area contributed by atoms with E-state index >= 15 is 0 Å². The van der Waals surface area contributed by atoms with Crippen LogP contribution in [0, 0.1) is 32.5 Å². The number of aromatic nitrogens is 2. The van der Waals surface area contributed by atoms with Crippen molar-refractivity contribution in [1.82, 2.24) is 9.97 Å². The number of rotatable bonds is 9. The maximum absolute atomic E-state index is 12.8. The van der Waals surface area contributed by atoms with Gasteiger partial charge in [0.15, 0.2) is 0 Å². The predicted octanol–water partition coefficient (Wildman–Crippen LogP) is 11.1. The Morgan fingerprint density at radius 2 is 1.62 bits per heavy atom. The summed E-state index contributed by atoms with van der Waals surface area (Å²) in [6.45, 7) is 41.6. The molecule has 0 spiro atoms. The summed E-state index contributed by atoms with van der Waals surface area (Å²) in [6, 6.07) is 3.75. The van der Waals surface area contributed by atoms with E-state index in [-0.39, 0.29) is 43.6 Å². The Bertz CT molecular complexity index is 1810. The molecule has 2 atom stereocenters. The van der Waals surface area contributed by atoms with Crippen molar-refractivity contribution < 1.29 is 8.76 Å². The summed E-state index contributed by atoms with van der Waals surface area (Å²) in [6.07, 6.45) is 9.87. The molecule has 50 heavy (non-hydrogen) atoms. The molecule has 6 nitrogen and oxygen atoms in total. The van der Waals surface area contributed by atoms with Crippen LogP contribution in [0.4, 0.5) is 5.58 Å². The van der Waals surface area contributed by atoms with Gasteiger partial charge in [-0.25, -0.2) is 0 Å². The third-order valence-corrected chi connectivity index (χ3v) is 13.0. The van der Waals surface area contributed by atoms with Crippen molar-refractivity contribution in [2.45, 2.75) is 146 Å². The number of H-pyrrole nitrogens is 2. The molecule has 276 valence electrons. The quantitative estimate of drug-likeness (QED) is 0.153. The maximum atomic E-state index is 12.8. The molecule has 1 aliphatic heterocycles. The zero-order valence-electron chi connectivity index (χ0n) is 33.7. The molecule has 1 fully saturated rings. The van der Waals surface area contributed by atoms with Crippen molar-refractivity contribution in [3.8, 4) is 11.1 Å². The number of hydrogen-bond acceptors (Lipinski definition) is 3. The third-order valence-electron chi connectivity index (χ3n) is 12.3. The van der Waals surface area contributed by atoms with Crippen molar-refractivity contribution >= 4 is 34.5 Å². The molecule has 0 bridgehead atoms. The number of hydrogen-bond donors (Lipinski definition) is 3. The molecule has 0 saturated carbocycles. The van der Waals surface area contributed by atoms with Gasteiger partial charge in [0, 0.05) is 0 Å². The molecule has 4 rings (SSSR count). The SMILES string of the molecule is C=C(C)CC(C)(C)C1(C(C)(C)CCC)CC(C)(C)CC(C)(C)N(c2bcc(S(=O)O)cc2-c2c[nH]c(=O)c3[nH]ccc23)CC(C)(C)CC1(C)C. The zero-order chi connectivity index (χ0) is 37.9. The minimum absolute atomic E-state index is 0.00746. The summed E-state index contributed by atoms with van der Waals surface area (Å²) in [7, 11) is 0. The van der Waals surface area contributed by atoms with E-state index in [1.165, 1.54) is 5.57 Å². The van der Waals surface area contributed by atoms with Gasteiger partial charge in [-0.3, -0.25) is 0 Å². The van der Waals surface area contributed by atoms with Gasteiger partial charge >= 0.3 is 307 Å². The fourth-order valence-electron chi connectivity index (χ4n) is 12.1. The van der Waals surface area contributed by atoms with E-state index in [1.807, 2.05) is 19.0 Å². The Morgan fingerprint density at radius 3 is 2.20 bits per heavy atom. The number of aromatic amines is 2. The summed E-state index contributed by atoms with van der Waals surface area (Å²) in [5.74, 6) is 1.78. The molecule has 0 aromatic carbocycles. The van der Waals surface area contributed by atoms with E-state index in [0.717, 1.165) is 67.2 Å². The Morgan fingerprint density at radius 1 is 0.980 bits per heavy atom. The fraction of sp³-hybridized carbons (Fsp3) is 0.667. The van der Waals surface area contributed by atoms with Crippen LogP contribution >= 0.6 is 0 Å². The number of fused-ring (bicyclic) bond motifs is 1. The van der Waals surface area contributed by atoms with Gasteiger partial charge in [-0.1, -0.05) is 0 Å². The van der Waals surface area contributed by atoms with Crippen molar-refractivity contribution in [3.05, 3.63) is 53.0 Å². The van der Waals surface area contributed by atoms with Gasteiger partial charge in [0.05, 0.1) is 0 Å². The molecule has 1 aliphatic rings. The Balaban J connectivity index is 2.02. The van der Waals surface area contributed by atoms with Gasteiger partial charge in [0.2, 0.25) is 0 Å². The van der Waals surface area contributed by atoms with Crippen LogP contribution in [-0.2, 0) is 11.1 Å². The first-order chi connectivity index (χ1) is 22.7. The van der Waals surface area contributed by atoms with E-state index in [1.54, 1.807) is 18.4 Å². The summed E-state index contributed by atoms with van der Waals surface area (Å²) in [4.78, 5) is 21.7. The number of nitrogens with one attached hydrogen (secondary N) is 2. The van der Waals surface area contributed by atoms with E-state index in [0.29, 0.717) is 10.4 Å². The van der Waals surface area contributed by atoms with Gasteiger partial charge in [-0.05, 0) is 0 Å². The molecule has 3 N–H and O–H groups in total. The average molecular weight is 704 g/mol. The van der Waals surface area contributed by atoms with Crippen LogP contribution in [0.3, 0.4) is 0 Å². The third kappa shape index (κ3) is 7.40. The number of allylic oxidation sites excluding steroid dienone is 1. The van der Waals surface area contributed by atoms with Crippen LogP contribution in [0.1, 0.15) is 135 Å². The molecule has 0 radical (unpaired) electrons. The van der Waals surface area contributed by atoms with E-state index in [9.17, 15) is 13.6 Å². The van der Waals surface area contributed by atoms with Crippen molar-refractivity contribution in [2.24, 2.45) is 32.5 Å². The number of pyridine rings is 1. The molecule has 3 aromatic rings. The molecule has 3 aromatic heterocycles. The number of anilines is 1. The summed E-state index contributed by atoms with van der Waals surface area (Å²) < 4.78 is 22.7. The van der Waals surface area contributed by atoms with Crippen LogP contribution in [0.15, 0.2) is 52.3 Å². The first-order valence-corrected chi connectivity index (χ1v) is 19.7.